The van der Waals surface area contributed by atoms with Crippen molar-refractivity contribution < 1.29 is 9.59 Å². The van der Waals surface area contributed by atoms with Gasteiger partial charge in [0.2, 0.25) is 5.91 Å². The van der Waals surface area contributed by atoms with Gasteiger partial charge in [-0.2, -0.15) is 0 Å². The normalized spacial score (nSPS) is 20.5. The highest BCUT2D eigenvalue weighted by Crippen LogP contribution is 2.27. The smallest absolute Gasteiger partial charge is 0.237 e. The molecule has 0 radical (unpaired) electrons. The molecule has 1 aliphatic rings. The van der Waals surface area contributed by atoms with Gasteiger partial charge in [0.05, 0.1) is 5.92 Å². The van der Waals surface area contributed by atoms with Gasteiger partial charge >= 0.3 is 0 Å². The van der Waals surface area contributed by atoms with Gasteiger partial charge in [0.15, 0.2) is 0 Å². The number of anilines is 1. The van der Waals surface area contributed by atoms with Crippen molar-refractivity contribution in [2.75, 3.05) is 11.4 Å². The molecular formula is C14H17NO2. The van der Waals surface area contributed by atoms with E-state index in [9.17, 15) is 9.59 Å². The number of para-hydroxylation sites is 1. The standard InChI is InChI=1S/C14H17NO2/c1-10-6-3-4-8-13(10)15-9-5-7-12(11(2)16)14(15)17/h3-4,6,8,12H,5,7,9H2,1-2H3/t12-/m0/s1. The molecule has 0 bridgehead atoms. The van der Waals surface area contributed by atoms with Gasteiger partial charge < -0.3 is 4.90 Å². The molecule has 0 aliphatic carbocycles. The van der Waals surface area contributed by atoms with Crippen LogP contribution >= 0.6 is 0 Å². The highest BCUT2D eigenvalue weighted by molar-refractivity contribution is 6.08. The van der Waals surface area contributed by atoms with Gasteiger partial charge in [-0.15, -0.1) is 0 Å². The lowest BCUT2D eigenvalue weighted by atomic mass is 9.93. The van der Waals surface area contributed by atoms with Crippen LogP contribution in [0.2, 0.25) is 0 Å². The van der Waals surface area contributed by atoms with E-state index in [1.165, 1.54) is 6.92 Å². The minimum absolute atomic E-state index is 0.0201. The summed E-state index contributed by atoms with van der Waals surface area (Å²) in [6.45, 7) is 4.21. The van der Waals surface area contributed by atoms with Crippen LogP contribution in [0.15, 0.2) is 24.3 Å². The lowest BCUT2D eigenvalue weighted by molar-refractivity contribution is -0.132. The summed E-state index contributed by atoms with van der Waals surface area (Å²) in [5, 5.41) is 0. The van der Waals surface area contributed by atoms with Crippen LogP contribution in [0, 0.1) is 12.8 Å². The summed E-state index contributed by atoms with van der Waals surface area (Å²) in [4.78, 5) is 25.4. The summed E-state index contributed by atoms with van der Waals surface area (Å²) >= 11 is 0. The van der Waals surface area contributed by atoms with Gasteiger partial charge in [0.1, 0.15) is 5.78 Å². The minimum atomic E-state index is -0.441. The van der Waals surface area contributed by atoms with Crippen LogP contribution in [0.5, 0.6) is 0 Å². The van der Waals surface area contributed by atoms with E-state index in [4.69, 9.17) is 0 Å². The molecule has 0 N–H and O–H groups in total. The number of hydrogen-bond donors (Lipinski definition) is 0. The van der Waals surface area contributed by atoms with Crippen LogP contribution < -0.4 is 4.90 Å². The van der Waals surface area contributed by atoms with Crippen LogP contribution in [0.1, 0.15) is 25.3 Å². The van der Waals surface area contributed by atoms with E-state index in [0.717, 1.165) is 17.7 Å². The Morgan fingerprint density at radius 3 is 2.71 bits per heavy atom. The number of piperidine rings is 1. The summed E-state index contributed by atoms with van der Waals surface area (Å²) in [6, 6.07) is 7.80. The maximum atomic E-state index is 12.2. The van der Waals surface area contributed by atoms with Gasteiger partial charge in [0, 0.05) is 12.2 Å². The second-order valence-corrected chi connectivity index (χ2v) is 4.58. The molecule has 2 rings (SSSR count). The van der Waals surface area contributed by atoms with Gasteiger partial charge in [-0.3, -0.25) is 9.59 Å². The summed E-state index contributed by atoms with van der Waals surface area (Å²) in [5.41, 5.74) is 2.01. The maximum Gasteiger partial charge on any atom is 0.237 e. The number of aryl methyl sites for hydroxylation is 1. The van der Waals surface area contributed by atoms with E-state index < -0.39 is 5.92 Å². The van der Waals surface area contributed by atoms with Crippen LogP contribution in [0.3, 0.4) is 0 Å². The molecule has 1 aliphatic heterocycles. The van der Waals surface area contributed by atoms with Crippen molar-refractivity contribution in [1.29, 1.82) is 0 Å². The third-order valence-electron chi connectivity index (χ3n) is 3.34. The predicted molar refractivity (Wildman–Crippen MR) is 66.9 cm³/mol. The fourth-order valence-corrected chi connectivity index (χ4v) is 2.36. The first-order valence-electron chi connectivity index (χ1n) is 5.98. The van der Waals surface area contributed by atoms with E-state index >= 15 is 0 Å². The number of carbonyl (C=O) groups is 2. The maximum absolute atomic E-state index is 12.2. The number of carbonyl (C=O) groups excluding carboxylic acids is 2. The van der Waals surface area contributed by atoms with Gasteiger partial charge in [-0.1, -0.05) is 18.2 Å². The topological polar surface area (TPSA) is 37.4 Å². The highest BCUT2D eigenvalue weighted by Gasteiger charge is 2.32. The van der Waals surface area contributed by atoms with Crippen molar-refractivity contribution in [2.24, 2.45) is 5.92 Å². The van der Waals surface area contributed by atoms with Crippen molar-refractivity contribution in [3.8, 4) is 0 Å². The zero-order valence-electron chi connectivity index (χ0n) is 10.3. The Balaban J connectivity index is 2.30. The Morgan fingerprint density at radius 1 is 1.35 bits per heavy atom. The molecule has 1 aromatic rings. The Morgan fingerprint density at radius 2 is 2.06 bits per heavy atom. The number of rotatable bonds is 2. The van der Waals surface area contributed by atoms with Gasteiger partial charge in [-0.25, -0.2) is 0 Å². The molecule has 0 spiro atoms. The number of Topliss-reactive ketones (excluding diaryl/α,β-unsaturated/α-hetero) is 1. The van der Waals surface area contributed by atoms with E-state index in [1.54, 1.807) is 4.90 Å². The minimum Gasteiger partial charge on any atom is -0.312 e. The quantitative estimate of drug-likeness (QED) is 0.732. The molecule has 0 unspecified atom stereocenters. The number of nitrogens with zero attached hydrogens (tertiary/aromatic N) is 1. The van der Waals surface area contributed by atoms with Crippen LogP contribution in [0.4, 0.5) is 5.69 Å². The fraction of sp³-hybridized carbons (Fsp3) is 0.429. The summed E-state index contributed by atoms with van der Waals surface area (Å²) in [6.07, 6.45) is 1.58. The van der Waals surface area contributed by atoms with Crippen molar-refractivity contribution >= 4 is 17.4 Å². The Hall–Kier alpha value is -1.64. The second kappa shape index (κ2) is 4.70. The van der Waals surface area contributed by atoms with Crippen molar-refractivity contribution in [3.63, 3.8) is 0 Å². The monoisotopic (exact) mass is 231 g/mol. The average Bonchev–Trinajstić information content (AvgIpc) is 2.30. The summed E-state index contributed by atoms with van der Waals surface area (Å²) in [7, 11) is 0. The first kappa shape index (κ1) is 11.8. The lowest BCUT2D eigenvalue weighted by Crippen LogP contribution is -2.44. The summed E-state index contributed by atoms with van der Waals surface area (Å²) in [5.74, 6) is -0.505. The molecular weight excluding hydrogens is 214 g/mol. The van der Waals surface area contributed by atoms with E-state index in [-0.39, 0.29) is 11.7 Å². The first-order valence-corrected chi connectivity index (χ1v) is 5.98. The Kier molecular flexibility index (Phi) is 3.27. The molecule has 0 saturated carbocycles. The molecule has 3 nitrogen and oxygen atoms in total. The Bertz CT molecular complexity index is 453. The fourth-order valence-electron chi connectivity index (χ4n) is 2.36. The molecule has 1 aromatic carbocycles. The largest absolute Gasteiger partial charge is 0.312 e. The van der Waals surface area contributed by atoms with Crippen LogP contribution in [-0.4, -0.2) is 18.2 Å². The van der Waals surface area contributed by atoms with Crippen LogP contribution in [0.25, 0.3) is 0 Å². The van der Waals surface area contributed by atoms with Crippen molar-refractivity contribution in [3.05, 3.63) is 29.8 Å². The molecule has 1 heterocycles. The zero-order chi connectivity index (χ0) is 12.4. The van der Waals surface area contributed by atoms with Crippen molar-refractivity contribution in [2.45, 2.75) is 26.7 Å². The predicted octanol–water partition coefficient (Wildman–Crippen LogP) is 2.33. The molecule has 17 heavy (non-hydrogen) atoms. The number of ketones is 1. The van der Waals surface area contributed by atoms with E-state index in [2.05, 4.69) is 0 Å². The van der Waals surface area contributed by atoms with Crippen molar-refractivity contribution in [1.82, 2.24) is 0 Å². The highest BCUT2D eigenvalue weighted by atomic mass is 16.2. The molecule has 0 aromatic heterocycles. The summed E-state index contributed by atoms with van der Waals surface area (Å²) < 4.78 is 0. The molecule has 1 saturated heterocycles. The third kappa shape index (κ3) is 2.23. The second-order valence-electron chi connectivity index (χ2n) is 4.58. The van der Waals surface area contributed by atoms with Gasteiger partial charge in [0.25, 0.3) is 0 Å². The van der Waals surface area contributed by atoms with E-state index in [0.29, 0.717) is 13.0 Å². The molecule has 90 valence electrons. The Labute approximate surface area is 101 Å². The SMILES string of the molecule is CC(=O)[C@@H]1CCCN(c2ccccc2C)C1=O. The van der Waals surface area contributed by atoms with Gasteiger partial charge in [-0.05, 0) is 38.3 Å². The molecule has 3 heteroatoms. The average molecular weight is 231 g/mol. The number of benzene rings is 1. The first-order chi connectivity index (χ1) is 8.11. The molecule has 1 fully saturated rings. The van der Waals surface area contributed by atoms with E-state index in [1.807, 2.05) is 31.2 Å². The lowest BCUT2D eigenvalue weighted by Gasteiger charge is -2.32. The number of amides is 1. The molecule has 1 amide bonds. The third-order valence-corrected chi connectivity index (χ3v) is 3.34. The number of hydrogen-bond acceptors (Lipinski definition) is 2. The zero-order valence-corrected chi connectivity index (χ0v) is 10.3. The molecule has 1 atom stereocenters. The van der Waals surface area contributed by atoms with Crippen LogP contribution in [-0.2, 0) is 9.59 Å².